The van der Waals surface area contributed by atoms with E-state index < -0.39 is 5.60 Å². The first-order chi connectivity index (χ1) is 14.9. The Hall–Kier alpha value is -1.89. The van der Waals surface area contributed by atoms with Gasteiger partial charge in [-0.2, -0.15) is 0 Å². The van der Waals surface area contributed by atoms with Gasteiger partial charge in [-0.1, -0.05) is 12.1 Å². The summed E-state index contributed by atoms with van der Waals surface area (Å²) in [6.45, 7) is 14.4. The van der Waals surface area contributed by atoms with Gasteiger partial charge in [0.2, 0.25) is 0 Å². The monoisotopic (exact) mass is 426 g/mol. The zero-order valence-electron chi connectivity index (χ0n) is 19.0. The summed E-state index contributed by atoms with van der Waals surface area (Å²) in [7, 11) is 0. The molecule has 0 radical (unpaired) electrons. The van der Waals surface area contributed by atoms with Gasteiger partial charge < -0.3 is 20.4 Å². The number of rotatable bonds is 3. The lowest BCUT2D eigenvalue weighted by atomic mass is 9.77. The molecule has 2 saturated heterocycles. The van der Waals surface area contributed by atoms with Gasteiger partial charge in [0.05, 0.1) is 18.3 Å². The third kappa shape index (κ3) is 3.31. The summed E-state index contributed by atoms with van der Waals surface area (Å²) in [6.07, 6.45) is 5.84. The second-order valence-corrected chi connectivity index (χ2v) is 10.1. The highest BCUT2D eigenvalue weighted by Crippen LogP contribution is 2.53. The molecule has 0 aliphatic carbocycles. The van der Waals surface area contributed by atoms with Crippen LogP contribution in [0.25, 0.3) is 5.70 Å². The van der Waals surface area contributed by atoms with E-state index >= 15 is 4.39 Å². The SMILES string of the molecule is C=CCN1C2=C(C(C)N1C1CCNC(C)(C)C1)C1(CCNCC1)Oc1c(F)cccc12. The largest absolute Gasteiger partial charge is 0.479 e. The van der Waals surface area contributed by atoms with Crippen LogP contribution >= 0.6 is 0 Å². The molecular formula is C25H35FN4O. The van der Waals surface area contributed by atoms with Gasteiger partial charge in [0.15, 0.2) is 11.6 Å². The molecular weight excluding hydrogens is 391 g/mol. The second-order valence-electron chi connectivity index (χ2n) is 10.1. The minimum atomic E-state index is -0.453. The molecule has 1 aromatic carbocycles. The molecule has 0 amide bonds. The maximum atomic E-state index is 15.0. The normalized spacial score (nSPS) is 29.5. The third-order valence-electron chi connectivity index (χ3n) is 7.53. The van der Waals surface area contributed by atoms with Gasteiger partial charge in [0.25, 0.3) is 0 Å². The van der Waals surface area contributed by atoms with Gasteiger partial charge in [0, 0.05) is 35.6 Å². The topological polar surface area (TPSA) is 39.8 Å². The predicted molar refractivity (Wildman–Crippen MR) is 122 cm³/mol. The molecule has 1 spiro atoms. The molecule has 0 bridgehead atoms. The van der Waals surface area contributed by atoms with Gasteiger partial charge in [-0.3, -0.25) is 0 Å². The van der Waals surface area contributed by atoms with E-state index in [1.807, 2.05) is 12.1 Å². The van der Waals surface area contributed by atoms with Gasteiger partial charge >= 0.3 is 0 Å². The maximum absolute atomic E-state index is 15.0. The van der Waals surface area contributed by atoms with Crippen molar-refractivity contribution in [3.63, 3.8) is 0 Å². The van der Waals surface area contributed by atoms with E-state index in [4.69, 9.17) is 4.74 Å². The number of hydrazine groups is 1. The summed E-state index contributed by atoms with van der Waals surface area (Å²) in [5.74, 6) is 0.145. The zero-order chi connectivity index (χ0) is 21.8. The van der Waals surface area contributed by atoms with Crippen LogP contribution < -0.4 is 15.4 Å². The highest BCUT2D eigenvalue weighted by Gasteiger charge is 2.54. The van der Waals surface area contributed by atoms with Gasteiger partial charge in [-0.05, 0) is 65.4 Å². The summed E-state index contributed by atoms with van der Waals surface area (Å²) in [5, 5.41) is 12.1. The van der Waals surface area contributed by atoms with Crippen molar-refractivity contribution in [2.45, 2.75) is 69.7 Å². The van der Waals surface area contributed by atoms with Gasteiger partial charge in [0.1, 0.15) is 5.60 Å². The molecule has 2 atom stereocenters. The van der Waals surface area contributed by atoms with Crippen LogP contribution in [-0.2, 0) is 0 Å². The molecule has 2 unspecified atom stereocenters. The lowest BCUT2D eigenvalue weighted by Crippen LogP contribution is -2.58. The average molecular weight is 427 g/mol. The van der Waals surface area contributed by atoms with Crippen molar-refractivity contribution in [3.8, 4) is 5.75 Å². The van der Waals surface area contributed by atoms with Crippen LogP contribution in [-0.4, -0.2) is 59.4 Å². The summed E-state index contributed by atoms with van der Waals surface area (Å²) < 4.78 is 21.6. The van der Waals surface area contributed by atoms with E-state index in [9.17, 15) is 0 Å². The molecule has 4 heterocycles. The molecule has 4 aliphatic heterocycles. The Labute approximate surface area is 185 Å². The Morgan fingerprint density at radius 3 is 2.74 bits per heavy atom. The number of hydrogen-bond donors (Lipinski definition) is 2. The number of benzene rings is 1. The van der Waals surface area contributed by atoms with E-state index in [-0.39, 0.29) is 17.4 Å². The maximum Gasteiger partial charge on any atom is 0.165 e. The fourth-order valence-corrected chi connectivity index (χ4v) is 6.31. The molecule has 1 aromatic rings. The minimum absolute atomic E-state index is 0.0958. The number of piperidine rings is 2. The molecule has 4 aliphatic rings. The Balaban J connectivity index is 1.66. The molecule has 0 saturated carbocycles. The van der Waals surface area contributed by atoms with Crippen molar-refractivity contribution < 1.29 is 9.13 Å². The van der Waals surface area contributed by atoms with Crippen LogP contribution in [0.2, 0.25) is 0 Å². The van der Waals surface area contributed by atoms with E-state index in [1.54, 1.807) is 6.07 Å². The molecule has 31 heavy (non-hydrogen) atoms. The van der Waals surface area contributed by atoms with Crippen molar-refractivity contribution in [3.05, 3.63) is 47.8 Å². The first-order valence-electron chi connectivity index (χ1n) is 11.7. The quantitative estimate of drug-likeness (QED) is 0.722. The fourth-order valence-electron chi connectivity index (χ4n) is 6.31. The van der Waals surface area contributed by atoms with Crippen molar-refractivity contribution in [1.29, 1.82) is 0 Å². The number of nitrogens with zero attached hydrogens (tertiary/aromatic N) is 2. The highest BCUT2D eigenvalue weighted by molar-refractivity contribution is 5.78. The van der Waals surface area contributed by atoms with Crippen LogP contribution in [0.15, 0.2) is 36.4 Å². The van der Waals surface area contributed by atoms with Crippen molar-refractivity contribution in [2.24, 2.45) is 0 Å². The Morgan fingerprint density at radius 2 is 2.03 bits per heavy atom. The van der Waals surface area contributed by atoms with E-state index in [1.165, 1.54) is 11.6 Å². The Morgan fingerprint density at radius 1 is 1.26 bits per heavy atom. The van der Waals surface area contributed by atoms with Crippen LogP contribution in [0.3, 0.4) is 0 Å². The number of hydrogen-bond acceptors (Lipinski definition) is 5. The van der Waals surface area contributed by atoms with E-state index in [0.717, 1.165) is 56.6 Å². The Bertz CT molecular complexity index is 905. The van der Waals surface area contributed by atoms with Crippen molar-refractivity contribution in [2.75, 3.05) is 26.2 Å². The van der Waals surface area contributed by atoms with E-state index in [0.29, 0.717) is 18.3 Å². The predicted octanol–water partition coefficient (Wildman–Crippen LogP) is 3.69. The third-order valence-corrected chi connectivity index (χ3v) is 7.53. The van der Waals surface area contributed by atoms with E-state index in [2.05, 4.69) is 48.0 Å². The van der Waals surface area contributed by atoms with Gasteiger partial charge in [-0.15, -0.1) is 6.58 Å². The molecule has 5 nitrogen and oxygen atoms in total. The summed E-state index contributed by atoms with van der Waals surface area (Å²) >= 11 is 0. The zero-order valence-corrected chi connectivity index (χ0v) is 19.0. The number of halogens is 1. The Kier molecular flexibility index (Phi) is 5.15. The number of fused-ring (bicyclic) bond motifs is 3. The molecule has 0 aromatic heterocycles. The lowest BCUT2D eigenvalue weighted by Gasteiger charge is -2.46. The molecule has 5 rings (SSSR count). The highest BCUT2D eigenvalue weighted by atomic mass is 19.1. The van der Waals surface area contributed by atoms with Crippen LogP contribution in [0.4, 0.5) is 4.39 Å². The molecule has 6 heteroatoms. The van der Waals surface area contributed by atoms with Gasteiger partial charge in [-0.25, -0.2) is 9.40 Å². The number of ether oxygens (including phenoxy) is 1. The smallest absolute Gasteiger partial charge is 0.165 e. The first-order valence-corrected chi connectivity index (χ1v) is 11.7. The average Bonchev–Trinajstić information content (AvgIpc) is 3.03. The molecule has 2 fully saturated rings. The van der Waals surface area contributed by atoms with Crippen molar-refractivity contribution in [1.82, 2.24) is 20.7 Å². The van der Waals surface area contributed by atoms with Crippen LogP contribution in [0.5, 0.6) is 5.75 Å². The number of para-hydroxylation sites is 1. The standard InChI is InChI=1S/C25H35FN4O/c1-5-15-29-22-19-7-6-8-20(26)23(19)31-25(10-13-27-14-11-25)21(22)17(2)30(29)18-9-12-28-24(3,4)16-18/h5-8,17-18,27-28H,1,9-16H2,2-4H3. The molecule has 2 N–H and O–H groups in total. The number of nitrogens with one attached hydrogen (secondary N) is 2. The van der Waals surface area contributed by atoms with Crippen LogP contribution in [0, 0.1) is 5.82 Å². The van der Waals surface area contributed by atoms with Crippen LogP contribution in [0.1, 0.15) is 52.0 Å². The minimum Gasteiger partial charge on any atom is -0.479 e. The lowest BCUT2D eigenvalue weighted by molar-refractivity contribution is -0.0365. The second kappa shape index (κ2) is 7.61. The fraction of sp³-hybridized carbons (Fsp3) is 0.600. The first kappa shape index (κ1) is 21.0. The summed E-state index contributed by atoms with van der Waals surface area (Å²) in [4.78, 5) is 0. The molecule has 168 valence electrons. The van der Waals surface area contributed by atoms with Crippen molar-refractivity contribution >= 4 is 5.70 Å². The summed E-state index contributed by atoms with van der Waals surface area (Å²) in [6, 6.07) is 5.94. The summed E-state index contributed by atoms with van der Waals surface area (Å²) in [5.41, 5.74) is 2.99.